The van der Waals surface area contributed by atoms with Crippen LogP contribution in [0.4, 0.5) is 8.78 Å². The number of halogens is 2. The second-order valence-corrected chi connectivity index (χ2v) is 3.51. The number of hydrogen-bond acceptors (Lipinski definition) is 3. The van der Waals surface area contributed by atoms with E-state index >= 15 is 0 Å². The van der Waals surface area contributed by atoms with Crippen molar-refractivity contribution in [1.29, 1.82) is 0 Å². The van der Waals surface area contributed by atoms with Crippen molar-refractivity contribution in [2.45, 2.75) is 25.3 Å². The van der Waals surface area contributed by atoms with Gasteiger partial charge in [-0.2, -0.15) is 0 Å². The highest BCUT2D eigenvalue weighted by atomic mass is 19.1. The summed E-state index contributed by atoms with van der Waals surface area (Å²) in [6, 6.07) is 0. The van der Waals surface area contributed by atoms with Crippen LogP contribution in [0.2, 0.25) is 0 Å². The minimum absolute atomic E-state index is 0.00380. The van der Waals surface area contributed by atoms with Gasteiger partial charge in [0.25, 0.3) is 0 Å². The molecule has 0 aliphatic heterocycles. The lowest BCUT2D eigenvalue weighted by atomic mass is 10.0. The molecule has 0 bridgehead atoms. The van der Waals surface area contributed by atoms with E-state index in [-0.39, 0.29) is 13.2 Å². The molecule has 5 heteroatoms. The normalized spacial score (nSPS) is 28.3. The number of aliphatic hydroxyl groups excluding tert-OH is 1. The van der Waals surface area contributed by atoms with Gasteiger partial charge < -0.3 is 15.6 Å². The second-order valence-electron chi connectivity index (χ2n) is 3.51. The monoisotopic (exact) mass is 219 g/mol. The van der Waals surface area contributed by atoms with Gasteiger partial charge in [0.2, 0.25) is 0 Å². The maximum Gasteiger partial charge on any atom is 0.154 e. The molecule has 0 amide bonds. The molecular weight excluding hydrogens is 204 g/mol. The van der Waals surface area contributed by atoms with Gasteiger partial charge in [-0.25, -0.2) is 8.78 Å². The first-order valence-corrected chi connectivity index (χ1v) is 4.74. The summed E-state index contributed by atoms with van der Waals surface area (Å²) in [7, 11) is 0. The van der Waals surface area contributed by atoms with Gasteiger partial charge in [-0.1, -0.05) is 6.08 Å². The Hall–Kier alpha value is -0.780. The lowest BCUT2D eigenvalue weighted by Gasteiger charge is -2.24. The summed E-state index contributed by atoms with van der Waals surface area (Å²) in [5, 5.41) is 9.10. The summed E-state index contributed by atoms with van der Waals surface area (Å²) < 4.78 is 31.6. The van der Waals surface area contributed by atoms with Crippen LogP contribution in [-0.4, -0.2) is 36.6 Å². The zero-order valence-corrected chi connectivity index (χ0v) is 8.49. The largest absolute Gasteiger partial charge is 0.389 e. The predicted octanol–water partition coefficient (Wildman–Crippen LogP) is 0.843. The maximum absolute atomic E-state index is 13.5. The molecule has 0 aromatic heterocycles. The molecule has 86 valence electrons. The van der Waals surface area contributed by atoms with E-state index in [0.717, 1.165) is 0 Å². The minimum Gasteiger partial charge on any atom is -0.389 e. The zero-order chi connectivity index (χ0) is 11.4. The Labute approximate surface area is 87.2 Å². The van der Waals surface area contributed by atoms with Crippen LogP contribution in [0.3, 0.4) is 0 Å². The van der Waals surface area contributed by atoms with Gasteiger partial charge in [-0.15, -0.1) is 0 Å². The topological polar surface area (TPSA) is 55.5 Å². The summed E-state index contributed by atoms with van der Waals surface area (Å²) in [4.78, 5) is 0. The van der Waals surface area contributed by atoms with Gasteiger partial charge in [0.15, 0.2) is 6.17 Å². The van der Waals surface area contributed by atoms with Crippen molar-refractivity contribution in [3.63, 3.8) is 0 Å². The first-order valence-electron chi connectivity index (χ1n) is 4.74. The van der Waals surface area contributed by atoms with Gasteiger partial charge in [-0.05, 0) is 18.6 Å². The fourth-order valence-electron chi connectivity index (χ4n) is 1.22. The summed E-state index contributed by atoms with van der Waals surface area (Å²) in [6.45, 7) is 1.39. The number of rotatable bonds is 4. The van der Waals surface area contributed by atoms with E-state index < -0.39 is 24.2 Å². The molecular formula is C10H15F2NO2. The third-order valence-corrected chi connectivity index (χ3v) is 2.22. The maximum atomic E-state index is 13.5. The quantitative estimate of drug-likeness (QED) is 0.736. The van der Waals surface area contributed by atoms with Gasteiger partial charge >= 0.3 is 0 Å². The third kappa shape index (κ3) is 3.09. The number of aliphatic hydroxyl groups is 1. The molecule has 0 fully saturated rings. The molecule has 0 aromatic carbocycles. The number of ether oxygens (including phenoxy) is 1. The molecule has 3 N–H and O–H groups in total. The van der Waals surface area contributed by atoms with Crippen molar-refractivity contribution in [2.24, 2.45) is 5.73 Å². The smallest absolute Gasteiger partial charge is 0.154 e. The molecule has 0 heterocycles. The number of hydrogen-bond donors (Lipinski definition) is 2. The lowest BCUT2D eigenvalue weighted by molar-refractivity contribution is -0.0251. The molecule has 3 atom stereocenters. The predicted molar refractivity (Wildman–Crippen MR) is 52.6 cm³/mol. The molecule has 0 spiro atoms. The minimum atomic E-state index is -1.50. The van der Waals surface area contributed by atoms with Crippen LogP contribution < -0.4 is 5.73 Å². The highest BCUT2D eigenvalue weighted by Crippen LogP contribution is 2.25. The fourth-order valence-corrected chi connectivity index (χ4v) is 1.22. The molecule has 0 radical (unpaired) electrons. The molecule has 3 nitrogen and oxygen atoms in total. The van der Waals surface area contributed by atoms with Crippen molar-refractivity contribution < 1.29 is 18.6 Å². The van der Waals surface area contributed by atoms with Crippen LogP contribution in [0.25, 0.3) is 0 Å². The summed E-state index contributed by atoms with van der Waals surface area (Å²) in [6.07, 6.45) is -1.10. The van der Waals surface area contributed by atoms with Gasteiger partial charge in [0.05, 0.1) is 12.7 Å². The summed E-state index contributed by atoms with van der Waals surface area (Å²) >= 11 is 0. The van der Waals surface area contributed by atoms with E-state index in [9.17, 15) is 8.78 Å². The van der Waals surface area contributed by atoms with Crippen molar-refractivity contribution in [1.82, 2.24) is 0 Å². The van der Waals surface area contributed by atoms with Crippen molar-refractivity contribution in [2.75, 3.05) is 13.2 Å². The average Bonchev–Trinajstić information content (AvgIpc) is 2.23. The number of alkyl halides is 1. The molecule has 0 saturated heterocycles. The molecule has 15 heavy (non-hydrogen) atoms. The Morgan fingerprint density at radius 1 is 1.60 bits per heavy atom. The van der Waals surface area contributed by atoms with Gasteiger partial charge in [0, 0.05) is 6.54 Å². The molecule has 1 rings (SSSR count). The average molecular weight is 219 g/mol. The standard InChI is InChI=1S/C10H15F2NO2/c1-6-2-3-8(11)10(9(6)12)15-5-7(14)4-13/h2-3,7,9-10,14H,4-5,13H2,1H3. The molecule has 3 unspecified atom stereocenters. The van der Waals surface area contributed by atoms with Crippen molar-refractivity contribution in [3.8, 4) is 0 Å². The van der Waals surface area contributed by atoms with Gasteiger partial charge in [0.1, 0.15) is 11.9 Å². The van der Waals surface area contributed by atoms with E-state index in [4.69, 9.17) is 15.6 Å². The Balaban J connectivity index is 2.55. The summed E-state index contributed by atoms with van der Waals surface area (Å²) in [5.41, 5.74) is 5.55. The highest BCUT2D eigenvalue weighted by Gasteiger charge is 2.30. The molecule has 1 aliphatic carbocycles. The highest BCUT2D eigenvalue weighted by molar-refractivity contribution is 5.27. The summed E-state index contributed by atoms with van der Waals surface area (Å²) in [5.74, 6) is -0.669. The van der Waals surface area contributed by atoms with Crippen LogP contribution >= 0.6 is 0 Å². The molecule has 0 aromatic rings. The third-order valence-electron chi connectivity index (χ3n) is 2.22. The van der Waals surface area contributed by atoms with E-state index in [1.165, 1.54) is 12.2 Å². The Bertz CT molecular complexity index is 279. The zero-order valence-electron chi connectivity index (χ0n) is 8.49. The van der Waals surface area contributed by atoms with Crippen LogP contribution in [0.1, 0.15) is 6.92 Å². The van der Waals surface area contributed by atoms with E-state index in [0.29, 0.717) is 5.57 Å². The Morgan fingerprint density at radius 3 is 2.87 bits per heavy atom. The van der Waals surface area contributed by atoms with Crippen molar-refractivity contribution >= 4 is 0 Å². The van der Waals surface area contributed by atoms with Crippen LogP contribution in [0.5, 0.6) is 0 Å². The van der Waals surface area contributed by atoms with Crippen molar-refractivity contribution in [3.05, 3.63) is 23.6 Å². The molecule has 0 saturated carbocycles. The number of allylic oxidation sites excluding steroid dienone is 2. The Kier molecular flexibility index (Phi) is 4.38. The second kappa shape index (κ2) is 5.34. The number of nitrogens with two attached hydrogens (primary N) is 1. The van der Waals surface area contributed by atoms with Gasteiger partial charge in [-0.3, -0.25) is 0 Å². The molecule has 1 aliphatic rings. The van der Waals surface area contributed by atoms with E-state index in [1.54, 1.807) is 6.92 Å². The SMILES string of the molecule is CC1=CC=C(F)C(OCC(O)CN)C1F. The first kappa shape index (κ1) is 12.3. The van der Waals surface area contributed by atoms with E-state index in [2.05, 4.69) is 0 Å². The van der Waals surface area contributed by atoms with E-state index in [1.807, 2.05) is 0 Å². The first-order chi connectivity index (χ1) is 7.06. The lowest BCUT2D eigenvalue weighted by Crippen LogP contribution is -2.34. The Morgan fingerprint density at radius 2 is 2.27 bits per heavy atom. The van der Waals surface area contributed by atoms with Crippen LogP contribution in [0.15, 0.2) is 23.6 Å². The van der Waals surface area contributed by atoms with Crippen LogP contribution in [0, 0.1) is 0 Å². The van der Waals surface area contributed by atoms with Crippen LogP contribution in [-0.2, 0) is 4.74 Å². The fraction of sp³-hybridized carbons (Fsp3) is 0.600.